The first-order valence-electron chi connectivity index (χ1n) is 6.37. The molecule has 0 unspecified atom stereocenters. The van der Waals surface area contributed by atoms with Crippen molar-refractivity contribution in [1.29, 1.82) is 0 Å². The number of carbonyl (C=O) groups is 1. The van der Waals surface area contributed by atoms with E-state index in [9.17, 15) is 4.79 Å². The maximum atomic E-state index is 12.1. The number of benzene rings is 1. The van der Waals surface area contributed by atoms with Crippen LogP contribution < -0.4 is 5.73 Å². The normalized spacial score (nSPS) is 15.4. The zero-order chi connectivity index (χ0) is 12.5. The minimum atomic E-state index is 0.188. The van der Waals surface area contributed by atoms with Gasteiger partial charge in [0.15, 0.2) is 0 Å². The van der Waals surface area contributed by atoms with Crippen LogP contribution in [0.3, 0.4) is 0 Å². The Morgan fingerprint density at radius 1 is 1.22 bits per heavy atom. The molecule has 1 aromatic carbocycles. The van der Waals surface area contributed by atoms with Gasteiger partial charge in [0, 0.05) is 24.7 Å². The summed E-state index contributed by atoms with van der Waals surface area (Å²) in [5.41, 5.74) is 7.68. The summed E-state index contributed by atoms with van der Waals surface area (Å²) in [6, 6.07) is 7.83. The van der Waals surface area contributed by atoms with Crippen LogP contribution >= 0.6 is 0 Å². The van der Waals surface area contributed by atoms with E-state index < -0.39 is 0 Å². The van der Waals surface area contributed by atoms with Crippen LogP contribution in [0.4, 0.5) is 5.69 Å². The average Bonchev–Trinajstić information content (AvgIpc) is 2.99. The molecule has 1 aliphatic heterocycles. The van der Waals surface area contributed by atoms with E-state index in [0.29, 0.717) is 6.54 Å². The number of likely N-dealkylation sites (tertiary alicyclic amines) is 1. The largest absolute Gasteiger partial charge is 0.397 e. The fourth-order valence-corrected chi connectivity index (χ4v) is 2.63. The van der Waals surface area contributed by atoms with Crippen molar-refractivity contribution in [2.75, 3.05) is 18.8 Å². The minimum absolute atomic E-state index is 0.188. The van der Waals surface area contributed by atoms with E-state index in [1.165, 1.54) is 0 Å². The maximum absolute atomic E-state index is 12.1. The number of para-hydroxylation sites is 1. The molecule has 94 valence electrons. The first-order valence-corrected chi connectivity index (χ1v) is 6.37. The van der Waals surface area contributed by atoms with E-state index in [4.69, 9.17) is 5.73 Å². The summed E-state index contributed by atoms with van der Waals surface area (Å²) in [4.78, 5) is 14.1. The van der Waals surface area contributed by atoms with E-state index >= 15 is 0 Å². The summed E-state index contributed by atoms with van der Waals surface area (Å²) in [5.74, 6) is 0.188. The van der Waals surface area contributed by atoms with Crippen molar-refractivity contribution in [3.63, 3.8) is 0 Å². The number of hydrogen-bond donors (Lipinski definition) is 1. The Morgan fingerprint density at radius 2 is 2.00 bits per heavy atom. The Balaban J connectivity index is 1.88. The first-order chi connectivity index (χ1) is 8.75. The highest BCUT2D eigenvalue weighted by Crippen LogP contribution is 2.22. The predicted molar refractivity (Wildman–Crippen MR) is 72.2 cm³/mol. The third-order valence-electron chi connectivity index (χ3n) is 3.58. The quantitative estimate of drug-likeness (QED) is 0.818. The number of aromatic nitrogens is 1. The summed E-state index contributed by atoms with van der Waals surface area (Å²) in [7, 11) is 0. The summed E-state index contributed by atoms with van der Waals surface area (Å²) < 4.78 is 1.95. The highest BCUT2D eigenvalue weighted by atomic mass is 16.2. The van der Waals surface area contributed by atoms with Crippen LogP contribution in [-0.4, -0.2) is 28.5 Å². The molecule has 4 heteroatoms. The van der Waals surface area contributed by atoms with E-state index in [2.05, 4.69) is 0 Å². The molecule has 0 aliphatic carbocycles. The molecule has 1 fully saturated rings. The van der Waals surface area contributed by atoms with Crippen LogP contribution in [0, 0.1) is 0 Å². The Hall–Kier alpha value is -1.97. The maximum Gasteiger partial charge on any atom is 0.242 e. The lowest BCUT2D eigenvalue weighted by atomic mass is 10.2. The van der Waals surface area contributed by atoms with Crippen LogP contribution in [-0.2, 0) is 11.3 Å². The summed E-state index contributed by atoms with van der Waals surface area (Å²) in [6.45, 7) is 2.18. The zero-order valence-corrected chi connectivity index (χ0v) is 10.3. The lowest BCUT2D eigenvalue weighted by molar-refractivity contribution is -0.130. The van der Waals surface area contributed by atoms with Gasteiger partial charge in [0.2, 0.25) is 5.91 Å². The topological polar surface area (TPSA) is 51.3 Å². The number of nitrogens with zero attached hydrogens (tertiary/aromatic N) is 2. The fraction of sp³-hybridized carbons (Fsp3) is 0.357. The predicted octanol–water partition coefficient (Wildman–Crippen LogP) is 1.85. The van der Waals surface area contributed by atoms with Crippen LogP contribution in [0.2, 0.25) is 0 Å². The fourth-order valence-electron chi connectivity index (χ4n) is 2.63. The van der Waals surface area contributed by atoms with E-state index in [-0.39, 0.29) is 5.91 Å². The molecular weight excluding hydrogens is 226 g/mol. The van der Waals surface area contributed by atoms with Crippen molar-refractivity contribution >= 4 is 22.5 Å². The van der Waals surface area contributed by atoms with Crippen molar-refractivity contribution in [1.82, 2.24) is 9.47 Å². The molecule has 2 heterocycles. The van der Waals surface area contributed by atoms with Gasteiger partial charge in [-0.05, 0) is 25.0 Å². The molecule has 0 spiro atoms. The molecular formula is C14H17N3O. The molecule has 2 N–H and O–H groups in total. The highest BCUT2D eigenvalue weighted by Gasteiger charge is 2.18. The van der Waals surface area contributed by atoms with Crippen molar-refractivity contribution in [2.45, 2.75) is 19.4 Å². The van der Waals surface area contributed by atoms with Crippen molar-refractivity contribution < 1.29 is 4.79 Å². The Morgan fingerprint density at radius 3 is 2.78 bits per heavy atom. The Bertz CT molecular complexity index is 582. The van der Waals surface area contributed by atoms with Gasteiger partial charge in [0.25, 0.3) is 0 Å². The van der Waals surface area contributed by atoms with Crippen molar-refractivity contribution in [2.24, 2.45) is 0 Å². The highest BCUT2D eigenvalue weighted by molar-refractivity contribution is 5.91. The Kier molecular flexibility index (Phi) is 2.70. The molecule has 0 radical (unpaired) electrons. The Labute approximate surface area is 106 Å². The molecule has 1 amide bonds. The second-order valence-electron chi connectivity index (χ2n) is 4.82. The monoisotopic (exact) mass is 243 g/mol. The molecule has 2 aromatic rings. The number of rotatable bonds is 2. The van der Waals surface area contributed by atoms with E-state index in [0.717, 1.165) is 42.5 Å². The van der Waals surface area contributed by atoms with Crippen molar-refractivity contribution in [3.05, 3.63) is 30.5 Å². The number of hydrogen-bond acceptors (Lipinski definition) is 2. The number of fused-ring (bicyclic) bond motifs is 1. The average molecular weight is 243 g/mol. The van der Waals surface area contributed by atoms with Gasteiger partial charge in [-0.3, -0.25) is 4.79 Å². The zero-order valence-electron chi connectivity index (χ0n) is 10.3. The standard InChI is InChI=1S/C14H17N3O/c15-12-5-3-4-11-6-9-17(14(11)12)10-13(18)16-7-1-2-8-16/h3-6,9H,1-2,7-8,10,15H2. The minimum Gasteiger partial charge on any atom is -0.397 e. The number of carbonyl (C=O) groups excluding carboxylic acids is 1. The summed E-state index contributed by atoms with van der Waals surface area (Å²) in [5, 5.41) is 1.09. The molecule has 0 atom stereocenters. The molecule has 0 bridgehead atoms. The van der Waals surface area contributed by atoms with Crippen LogP contribution in [0.1, 0.15) is 12.8 Å². The van der Waals surface area contributed by atoms with Gasteiger partial charge in [-0.2, -0.15) is 0 Å². The lowest BCUT2D eigenvalue weighted by Gasteiger charge is -2.16. The van der Waals surface area contributed by atoms with Gasteiger partial charge in [-0.25, -0.2) is 0 Å². The smallest absolute Gasteiger partial charge is 0.242 e. The molecule has 4 nitrogen and oxygen atoms in total. The molecule has 1 aliphatic rings. The molecule has 0 saturated carbocycles. The van der Waals surface area contributed by atoms with E-state index in [1.807, 2.05) is 39.9 Å². The van der Waals surface area contributed by atoms with E-state index in [1.54, 1.807) is 0 Å². The number of amides is 1. The third kappa shape index (κ3) is 1.83. The summed E-state index contributed by atoms with van der Waals surface area (Å²) in [6.07, 6.45) is 4.19. The molecule has 18 heavy (non-hydrogen) atoms. The first kappa shape index (κ1) is 11.1. The van der Waals surface area contributed by atoms with Gasteiger partial charge in [0.05, 0.1) is 11.2 Å². The SMILES string of the molecule is Nc1cccc2ccn(CC(=O)N3CCCC3)c12. The van der Waals surface area contributed by atoms with Gasteiger partial charge >= 0.3 is 0 Å². The van der Waals surface area contributed by atoms with Gasteiger partial charge in [-0.15, -0.1) is 0 Å². The van der Waals surface area contributed by atoms with Crippen LogP contribution in [0.25, 0.3) is 10.9 Å². The second kappa shape index (κ2) is 4.37. The number of anilines is 1. The van der Waals surface area contributed by atoms with Crippen LogP contribution in [0.5, 0.6) is 0 Å². The molecule has 1 saturated heterocycles. The molecule has 1 aromatic heterocycles. The van der Waals surface area contributed by atoms with Gasteiger partial charge in [-0.1, -0.05) is 12.1 Å². The lowest BCUT2D eigenvalue weighted by Crippen LogP contribution is -2.30. The summed E-state index contributed by atoms with van der Waals surface area (Å²) >= 11 is 0. The number of nitrogens with two attached hydrogens (primary N) is 1. The van der Waals surface area contributed by atoms with Crippen LogP contribution in [0.15, 0.2) is 30.5 Å². The van der Waals surface area contributed by atoms with Crippen molar-refractivity contribution in [3.8, 4) is 0 Å². The van der Waals surface area contributed by atoms with Gasteiger partial charge in [0.1, 0.15) is 6.54 Å². The molecule has 3 rings (SSSR count). The second-order valence-corrected chi connectivity index (χ2v) is 4.82. The van der Waals surface area contributed by atoms with Gasteiger partial charge < -0.3 is 15.2 Å². The number of nitrogen functional groups attached to an aromatic ring is 1. The third-order valence-corrected chi connectivity index (χ3v) is 3.58.